The Morgan fingerprint density at radius 1 is 0.958 bits per heavy atom. The molecule has 3 heterocycles. The molecular weight excluding hydrogens is 339 g/mol. The normalized spacial score (nSPS) is 27.0. The quantitative estimate of drug-likeness (QED) is 0.740. The Labute approximate surface area is 155 Å². The van der Waals surface area contributed by atoms with Gasteiger partial charge in [0.25, 0.3) is 0 Å². The van der Waals surface area contributed by atoms with Crippen molar-refractivity contribution in [1.29, 1.82) is 0 Å². The van der Waals surface area contributed by atoms with Crippen molar-refractivity contribution in [3.63, 3.8) is 0 Å². The molecule has 0 unspecified atom stereocenters. The predicted molar refractivity (Wildman–Crippen MR) is 96.3 cm³/mol. The summed E-state index contributed by atoms with van der Waals surface area (Å²) in [5, 5.41) is 0.817. The molecular formula is C20H22Cl2N2. The standard InChI is InChI=1S/C20H22ClN2.ClH/c21-18-8-6-16(7-9-18)14-23-12-10-17(11-13-23)20(15-23)22-19-4-2-1-3-5-19;/h1-9,17H,10-15H2;1H/q+1;/p-1. The molecule has 126 valence electrons. The van der Waals surface area contributed by atoms with Crippen LogP contribution in [-0.4, -0.2) is 29.8 Å². The van der Waals surface area contributed by atoms with Gasteiger partial charge in [-0.05, 0) is 24.3 Å². The molecule has 0 amide bonds. The van der Waals surface area contributed by atoms with E-state index in [1.54, 1.807) is 0 Å². The molecule has 2 nitrogen and oxygen atoms in total. The molecule has 2 bridgehead atoms. The van der Waals surface area contributed by atoms with E-state index in [9.17, 15) is 0 Å². The summed E-state index contributed by atoms with van der Waals surface area (Å²) in [6, 6.07) is 18.7. The van der Waals surface area contributed by atoms with Gasteiger partial charge in [-0.25, -0.2) is 0 Å². The minimum Gasteiger partial charge on any atom is -1.00 e. The van der Waals surface area contributed by atoms with Gasteiger partial charge in [0.1, 0.15) is 13.1 Å². The fourth-order valence-electron chi connectivity index (χ4n) is 4.07. The zero-order chi connectivity index (χ0) is 15.7. The molecule has 3 saturated heterocycles. The lowest BCUT2D eigenvalue weighted by atomic mass is 9.83. The Hall–Kier alpha value is -1.35. The monoisotopic (exact) mass is 360 g/mol. The number of hydrogen-bond donors (Lipinski definition) is 0. The number of quaternary nitrogens is 1. The highest BCUT2D eigenvalue weighted by atomic mass is 35.5. The fraction of sp³-hybridized carbons (Fsp3) is 0.350. The van der Waals surface area contributed by atoms with Crippen LogP contribution < -0.4 is 12.4 Å². The van der Waals surface area contributed by atoms with Crippen LogP contribution in [0.5, 0.6) is 0 Å². The van der Waals surface area contributed by atoms with Crippen molar-refractivity contribution < 1.29 is 16.9 Å². The first-order valence-corrected chi connectivity index (χ1v) is 8.82. The Morgan fingerprint density at radius 2 is 1.62 bits per heavy atom. The number of benzene rings is 2. The van der Waals surface area contributed by atoms with Gasteiger partial charge in [0, 0.05) is 29.3 Å². The first-order chi connectivity index (χ1) is 11.2. The second-order valence-corrected chi connectivity index (χ2v) is 7.38. The lowest BCUT2D eigenvalue weighted by Gasteiger charge is -2.49. The Morgan fingerprint density at radius 3 is 2.29 bits per heavy atom. The Balaban J connectivity index is 0.00000169. The molecule has 24 heavy (non-hydrogen) atoms. The lowest BCUT2D eigenvalue weighted by Crippen LogP contribution is -3.00. The van der Waals surface area contributed by atoms with Gasteiger partial charge in [-0.1, -0.05) is 41.9 Å². The molecule has 0 N–H and O–H groups in total. The summed E-state index contributed by atoms with van der Waals surface area (Å²) < 4.78 is 1.16. The summed E-state index contributed by atoms with van der Waals surface area (Å²) >= 11 is 6.02. The number of rotatable bonds is 3. The van der Waals surface area contributed by atoms with Crippen LogP contribution in [0.25, 0.3) is 0 Å². The Kier molecular flexibility index (Phi) is 5.29. The summed E-state index contributed by atoms with van der Waals surface area (Å²) in [6.45, 7) is 4.75. The third-order valence-corrected chi connectivity index (χ3v) is 5.58. The molecule has 0 atom stereocenters. The maximum Gasteiger partial charge on any atom is 0.118 e. The fourth-order valence-corrected chi connectivity index (χ4v) is 4.19. The largest absolute Gasteiger partial charge is 1.00 e. The number of para-hydroxylation sites is 1. The maximum absolute atomic E-state index is 6.02. The maximum atomic E-state index is 6.02. The highest BCUT2D eigenvalue weighted by Gasteiger charge is 2.43. The minimum atomic E-state index is 0. The molecule has 3 aliphatic rings. The first-order valence-electron chi connectivity index (χ1n) is 8.45. The van der Waals surface area contributed by atoms with E-state index in [2.05, 4.69) is 42.5 Å². The van der Waals surface area contributed by atoms with Crippen LogP contribution in [-0.2, 0) is 6.54 Å². The van der Waals surface area contributed by atoms with Crippen molar-refractivity contribution in [2.75, 3.05) is 19.6 Å². The van der Waals surface area contributed by atoms with Gasteiger partial charge in [-0.3, -0.25) is 4.99 Å². The molecule has 0 aromatic heterocycles. The van der Waals surface area contributed by atoms with Gasteiger partial charge in [0.15, 0.2) is 0 Å². The third-order valence-electron chi connectivity index (χ3n) is 5.33. The summed E-state index contributed by atoms with van der Waals surface area (Å²) in [7, 11) is 0. The highest BCUT2D eigenvalue weighted by Crippen LogP contribution is 2.35. The van der Waals surface area contributed by atoms with E-state index in [-0.39, 0.29) is 12.4 Å². The Bertz CT molecular complexity index is 702. The number of piperidine rings is 3. The number of nitrogens with zero attached hydrogens (tertiary/aromatic N) is 2. The van der Waals surface area contributed by atoms with E-state index < -0.39 is 0 Å². The van der Waals surface area contributed by atoms with Crippen LogP contribution in [0.1, 0.15) is 18.4 Å². The second kappa shape index (κ2) is 7.26. The zero-order valence-corrected chi connectivity index (χ0v) is 15.2. The molecule has 3 aliphatic heterocycles. The molecule has 4 heteroatoms. The SMILES string of the molecule is Clc1ccc(C[N+]23CCC(CC2)C(=Nc2ccccc2)C3)cc1.[Cl-]. The van der Waals surface area contributed by atoms with Crippen LogP contribution in [0.4, 0.5) is 5.69 Å². The van der Waals surface area contributed by atoms with E-state index in [0.29, 0.717) is 5.92 Å². The minimum absolute atomic E-state index is 0. The summed E-state index contributed by atoms with van der Waals surface area (Å²) in [4.78, 5) is 4.98. The van der Waals surface area contributed by atoms with Gasteiger partial charge < -0.3 is 16.9 Å². The molecule has 2 aromatic carbocycles. The smallest absolute Gasteiger partial charge is 0.118 e. The molecule has 0 radical (unpaired) electrons. The van der Waals surface area contributed by atoms with Gasteiger partial charge in [-0.2, -0.15) is 0 Å². The van der Waals surface area contributed by atoms with E-state index in [1.807, 2.05) is 12.1 Å². The molecule has 2 aromatic rings. The van der Waals surface area contributed by atoms with Crippen LogP contribution in [0, 0.1) is 5.92 Å². The van der Waals surface area contributed by atoms with Crippen molar-refractivity contribution in [2.24, 2.45) is 10.9 Å². The van der Waals surface area contributed by atoms with Gasteiger partial charge in [-0.15, -0.1) is 0 Å². The molecule has 5 rings (SSSR count). The number of fused-ring (bicyclic) bond motifs is 3. The van der Waals surface area contributed by atoms with Gasteiger partial charge >= 0.3 is 0 Å². The molecule has 3 fully saturated rings. The first kappa shape index (κ1) is 17.5. The van der Waals surface area contributed by atoms with Gasteiger partial charge in [0.05, 0.1) is 24.5 Å². The van der Waals surface area contributed by atoms with Crippen LogP contribution in [0.15, 0.2) is 59.6 Å². The average molecular weight is 361 g/mol. The number of aliphatic imine (C=N–C) groups is 1. The van der Waals surface area contributed by atoms with Crippen molar-refractivity contribution in [3.8, 4) is 0 Å². The topological polar surface area (TPSA) is 12.4 Å². The van der Waals surface area contributed by atoms with Crippen LogP contribution in [0.2, 0.25) is 5.02 Å². The lowest BCUT2D eigenvalue weighted by molar-refractivity contribution is -0.942. The van der Waals surface area contributed by atoms with Crippen molar-refractivity contribution >= 4 is 23.0 Å². The van der Waals surface area contributed by atoms with E-state index in [1.165, 1.54) is 37.2 Å². The third kappa shape index (κ3) is 3.66. The predicted octanol–water partition coefficient (Wildman–Crippen LogP) is 1.86. The zero-order valence-electron chi connectivity index (χ0n) is 13.7. The van der Waals surface area contributed by atoms with Gasteiger partial charge in [0.2, 0.25) is 0 Å². The molecule has 0 saturated carbocycles. The summed E-state index contributed by atoms with van der Waals surface area (Å²) in [5.74, 6) is 0.695. The second-order valence-electron chi connectivity index (χ2n) is 6.94. The van der Waals surface area contributed by atoms with E-state index in [4.69, 9.17) is 16.6 Å². The summed E-state index contributed by atoms with van der Waals surface area (Å²) in [6.07, 6.45) is 2.55. The van der Waals surface area contributed by atoms with Crippen molar-refractivity contribution in [3.05, 3.63) is 65.2 Å². The molecule has 0 aliphatic carbocycles. The number of halogens is 2. The van der Waals surface area contributed by atoms with Crippen LogP contribution >= 0.6 is 11.6 Å². The summed E-state index contributed by atoms with van der Waals surface area (Å²) in [5.41, 5.74) is 3.89. The average Bonchev–Trinajstić information content (AvgIpc) is 2.59. The van der Waals surface area contributed by atoms with Crippen molar-refractivity contribution in [1.82, 2.24) is 0 Å². The van der Waals surface area contributed by atoms with E-state index >= 15 is 0 Å². The highest BCUT2D eigenvalue weighted by molar-refractivity contribution is 6.30. The molecule has 0 spiro atoms. The van der Waals surface area contributed by atoms with E-state index in [0.717, 1.165) is 28.3 Å². The van der Waals surface area contributed by atoms with Crippen molar-refractivity contribution in [2.45, 2.75) is 19.4 Å². The van der Waals surface area contributed by atoms with Crippen LogP contribution in [0.3, 0.4) is 0 Å². The number of hydrogen-bond acceptors (Lipinski definition) is 1.